The lowest BCUT2D eigenvalue weighted by Gasteiger charge is -2.18. The van der Waals surface area contributed by atoms with Crippen molar-refractivity contribution >= 4 is 17.3 Å². The van der Waals surface area contributed by atoms with Gasteiger partial charge in [-0.1, -0.05) is 0 Å². The van der Waals surface area contributed by atoms with Gasteiger partial charge in [0.05, 0.1) is 11.5 Å². The van der Waals surface area contributed by atoms with E-state index in [1.54, 1.807) is 13.2 Å². The summed E-state index contributed by atoms with van der Waals surface area (Å²) in [4.78, 5) is 17.1. The monoisotopic (exact) mass is 280 g/mol. The third-order valence-electron chi connectivity index (χ3n) is 3.40. The number of rotatable bonds is 6. The van der Waals surface area contributed by atoms with Crippen LogP contribution < -0.4 is 10.2 Å². The van der Waals surface area contributed by atoms with Crippen LogP contribution in [-0.4, -0.2) is 43.3 Å². The van der Waals surface area contributed by atoms with Gasteiger partial charge < -0.3 is 15.0 Å². The highest BCUT2D eigenvalue weighted by molar-refractivity contribution is 5.62. The van der Waals surface area contributed by atoms with E-state index in [-0.39, 0.29) is 10.6 Å². The molecule has 1 aliphatic rings. The van der Waals surface area contributed by atoms with E-state index in [2.05, 4.69) is 10.3 Å². The fourth-order valence-electron chi connectivity index (χ4n) is 2.49. The number of hydrogen-bond donors (Lipinski definition) is 1. The molecular formula is C13H20N4O3. The molecule has 2 heterocycles. The Labute approximate surface area is 118 Å². The fourth-order valence-corrected chi connectivity index (χ4v) is 2.49. The van der Waals surface area contributed by atoms with Crippen molar-refractivity contribution in [3.05, 3.63) is 22.2 Å². The van der Waals surface area contributed by atoms with E-state index < -0.39 is 0 Å². The molecule has 2 rings (SSSR count). The Morgan fingerprint density at radius 2 is 2.40 bits per heavy atom. The lowest BCUT2D eigenvalue weighted by atomic mass is 10.1. The normalized spacial score (nSPS) is 18.3. The van der Waals surface area contributed by atoms with Crippen molar-refractivity contribution in [3.63, 3.8) is 0 Å². The predicted molar refractivity (Wildman–Crippen MR) is 77.3 cm³/mol. The molecule has 20 heavy (non-hydrogen) atoms. The summed E-state index contributed by atoms with van der Waals surface area (Å²) in [5.74, 6) is 1.53. The molecule has 0 radical (unpaired) electrons. The second-order valence-corrected chi connectivity index (χ2v) is 4.88. The van der Waals surface area contributed by atoms with Gasteiger partial charge in [-0.05, 0) is 19.4 Å². The molecule has 1 unspecified atom stereocenters. The van der Waals surface area contributed by atoms with Crippen LogP contribution in [0.5, 0.6) is 0 Å². The zero-order chi connectivity index (χ0) is 14.5. The Morgan fingerprint density at radius 3 is 3.05 bits per heavy atom. The zero-order valence-corrected chi connectivity index (χ0v) is 11.8. The van der Waals surface area contributed by atoms with E-state index in [0.717, 1.165) is 26.1 Å². The number of methoxy groups -OCH3 is 1. The van der Waals surface area contributed by atoms with Crippen LogP contribution in [0, 0.1) is 16.0 Å². The third kappa shape index (κ3) is 3.16. The van der Waals surface area contributed by atoms with Gasteiger partial charge in [-0.2, -0.15) is 0 Å². The Balaban J connectivity index is 2.24. The van der Waals surface area contributed by atoms with Gasteiger partial charge in [-0.15, -0.1) is 0 Å². The van der Waals surface area contributed by atoms with Gasteiger partial charge in [0.25, 0.3) is 0 Å². The molecule has 1 saturated heterocycles. The molecule has 110 valence electrons. The van der Waals surface area contributed by atoms with Gasteiger partial charge in [0.15, 0.2) is 0 Å². The average Bonchev–Trinajstić information content (AvgIpc) is 2.88. The highest BCUT2D eigenvalue weighted by Gasteiger charge is 2.29. The summed E-state index contributed by atoms with van der Waals surface area (Å²) in [6.45, 7) is 4.90. The molecule has 7 heteroatoms. The summed E-state index contributed by atoms with van der Waals surface area (Å²) >= 11 is 0. The molecule has 1 atom stereocenters. The van der Waals surface area contributed by atoms with Gasteiger partial charge in [0, 0.05) is 38.7 Å². The quantitative estimate of drug-likeness (QED) is 0.633. The molecule has 1 aliphatic heterocycles. The van der Waals surface area contributed by atoms with Crippen LogP contribution in [-0.2, 0) is 4.74 Å². The second-order valence-electron chi connectivity index (χ2n) is 4.88. The van der Waals surface area contributed by atoms with Crippen LogP contribution in [0.25, 0.3) is 0 Å². The minimum Gasteiger partial charge on any atom is -0.384 e. The first-order valence-corrected chi connectivity index (χ1v) is 6.79. The number of hydrogen-bond acceptors (Lipinski definition) is 6. The van der Waals surface area contributed by atoms with Crippen molar-refractivity contribution < 1.29 is 9.66 Å². The summed E-state index contributed by atoms with van der Waals surface area (Å²) in [5.41, 5.74) is 0.0599. The fraction of sp³-hybridized carbons (Fsp3) is 0.615. The summed E-state index contributed by atoms with van der Waals surface area (Å²) in [6.07, 6.45) is 0.970. The molecule has 0 saturated carbocycles. The topological polar surface area (TPSA) is 80.5 Å². The number of pyridine rings is 1. The summed E-state index contributed by atoms with van der Waals surface area (Å²) in [6, 6.07) is 3.16. The Morgan fingerprint density at radius 1 is 1.60 bits per heavy atom. The van der Waals surface area contributed by atoms with E-state index >= 15 is 0 Å². The number of nitro groups is 1. The highest BCUT2D eigenvalue weighted by Crippen LogP contribution is 2.31. The van der Waals surface area contributed by atoms with Gasteiger partial charge in [-0.25, -0.2) is 4.98 Å². The molecular weight excluding hydrogens is 260 g/mol. The second kappa shape index (κ2) is 6.51. The SMILES string of the molecule is CCNc1ccc([N+](=O)[O-])c(N2CCC(COC)C2)n1. The van der Waals surface area contributed by atoms with Crippen molar-refractivity contribution in [2.75, 3.05) is 43.6 Å². The maximum Gasteiger partial charge on any atom is 0.311 e. The molecule has 1 N–H and O–H groups in total. The first kappa shape index (κ1) is 14.5. The molecule has 7 nitrogen and oxygen atoms in total. The number of anilines is 2. The van der Waals surface area contributed by atoms with Crippen LogP contribution >= 0.6 is 0 Å². The number of ether oxygens (including phenoxy) is 1. The van der Waals surface area contributed by atoms with E-state index in [1.807, 2.05) is 11.8 Å². The molecule has 0 aliphatic carbocycles. The van der Waals surface area contributed by atoms with Crippen LogP contribution in [0.15, 0.2) is 12.1 Å². The first-order valence-electron chi connectivity index (χ1n) is 6.79. The first-order chi connectivity index (χ1) is 9.65. The molecule has 1 aromatic rings. The average molecular weight is 280 g/mol. The van der Waals surface area contributed by atoms with Gasteiger partial charge in [0.2, 0.25) is 5.82 Å². The van der Waals surface area contributed by atoms with Crippen molar-refractivity contribution in [3.8, 4) is 0 Å². The maximum atomic E-state index is 11.1. The summed E-state index contributed by atoms with van der Waals surface area (Å²) < 4.78 is 5.16. The van der Waals surface area contributed by atoms with Crippen molar-refractivity contribution in [2.45, 2.75) is 13.3 Å². The van der Waals surface area contributed by atoms with E-state index in [4.69, 9.17) is 4.74 Å². The Hall–Kier alpha value is -1.89. The minimum absolute atomic E-state index is 0.0599. The standard InChI is InChI=1S/C13H20N4O3/c1-3-14-12-5-4-11(17(18)19)13(15-12)16-7-6-10(8-16)9-20-2/h4-5,10H,3,6-9H2,1-2H3,(H,14,15). The van der Waals surface area contributed by atoms with Gasteiger partial charge in [0.1, 0.15) is 5.82 Å². The van der Waals surface area contributed by atoms with Crippen LogP contribution in [0.2, 0.25) is 0 Å². The minimum atomic E-state index is -0.373. The van der Waals surface area contributed by atoms with E-state index in [9.17, 15) is 10.1 Å². The number of nitrogens with zero attached hydrogens (tertiary/aromatic N) is 3. The molecule has 0 bridgehead atoms. The molecule has 1 fully saturated rings. The summed E-state index contributed by atoms with van der Waals surface area (Å²) in [7, 11) is 1.68. The zero-order valence-electron chi connectivity index (χ0n) is 11.8. The number of nitrogens with one attached hydrogen (secondary N) is 1. The highest BCUT2D eigenvalue weighted by atomic mass is 16.6. The van der Waals surface area contributed by atoms with E-state index in [1.165, 1.54) is 6.07 Å². The van der Waals surface area contributed by atoms with E-state index in [0.29, 0.717) is 24.2 Å². The number of aromatic nitrogens is 1. The van der Waals surface area contributed by atoms with Crippen molar-refractivity contribution in [1.29, 1.82) is 0 Å². The lowest BCUT2D eigenvalue weighted by molar-refractivity contribution is -0.384. The van der Waals surface area contributed by atoms with Gasteiger partial charge >= 0.3 is 5.69 Å². The van der Waals surface area contributed by atoms with Crippen LogP contribution in [0.4, 0.5) is 17.3 Å². The largest absolute Gasteiger partial charge is 0.384 e. The molecule has 0 spiro atoms. The maximum absolute atomic E-state index is 11.1. The Kier molecular flexibility index (Phi) is 4.73. The van der Waals surface area contributed by atoms with Gasteiger partial charge in [-0.3, -0.25) is 10.1 Å². The smallest absolute Gasteiger partial charge is 0.311 e. The predicted octanol–water partition coefficient (Wildman–Crippen LogP) is 1.89. The summed E-state index contributed by atoms with van der Waals surface area (Å²) in [5, 5.41) is 14.2. The molecule has 0 amide bonds. The third-order valence-corrected chi connectivity index (χ3v) is 3.40. The molecule has 0 aromatic carbocycles. The van der Waals surface area contributed by atoms with Crippen LogP contribution in [0.3, 0.4) is 0 Å². The lowest BCUT2D eigenvalue weighted by Crippen LogP contribution is -2.23. The van der Waals surface area contributed by atoms with Crippen molar-refractivity contribution in [2.24, 2.45) is 5.92 Å². The van der Waals surface area contributed by atoms with Crippen molar-refractivity contribution in [1.82, 2.24) is 4.98 Å². The Bertz CT molecular complexity index is 481. The van der Waals surface area contributed by atoms with Crippen LogP contribution in [0.1, 0.15) is 13.3 Å². The molecule has 1 aromatic heterocycles.